The molecule has 0 heterocycles. The normalized spacial score (nSPS) is 47.9. The van der Waals surface area contributed by atoms with E-state index >= 15 is 4.39 Å². The van der Waals surface area contributed by atoms with E-state index in [1.165, 1.54) is 24.8 Å². The molecule has 1 N–H and O–H groups in total. The van der Waals surface area contributed by atoms with E-state index in [2.05, 4.69) is 40.7 Å². The molecule has 0 bridgehead atoms. The summed E-state index contributed by atoms with van der Waals surface area (Å²) in [6.45, 7) is 11.6. The number of hydrogen-bond acceptors (Lipinski definition) is 1. The van der Waals surface area contributed by atoms with Gasteiger partial charge in [-0.2, -0.15) is 0 Å². The third kappa shape index (κ3) is 3.35. The quantitative estimate of drug-likeness (QED) is 0.471. The summed E-state index contributed by atoms with van der Waals surface area (Å²) in [5, 5.41) is 10.2. The Labute approximate surface area is 178 Å². The predicted octanol–water partition coefficient (Wildman–Crippen LogP) is 7.48. The van der Waals surface area contributed by atoms with Crippen molar-refractivity contribution in [3.05, 3.63) is 11.6 Å². The van der Waals surface area contributed by atoms with Gasteiger partial charge in [0.1, 0.15) is 5.67 Å². The second-order valence-corrected chi connectivity index (χ2v) is 12.2. The van der Waals surface area contributed by atoms with Crippen LogP contribution in [0.4, 0.5) is 4.39 Å². The molecular weight excluding hydrogens is 359 g/mol. The molecule has 0 radical (unpaired) electrons. The highest BCUT2D eigenvalue weighted by molar-refractivity contribution is 5.26. The van der Waals surface area contributed by atoms with Crippen LogP contribution in [-0.2, 0) is 0 Å². The maximum absolute atomic E-state index is 16.7. The van der Waals surface area contributed by atoms with E-state index in [0.29, 0.717) is 17.8 Å². The fraction of sp³-hybridized carbons (Fsp3) is 0.926. The average molecular weight is 405 g/mol. The third-order valence-corrected chi connectivity index (χ3v) is 10.4. The van der Waals surface area contributed by atoms with E-state index in [1.807, 2.05) is 0 Å². The molecule has 0 spiro atoms. The highest BCUT2D eigenvalue weighted by atomic mass is 19.1. The fourth-order valence-corrected chi connectivity index (χ4v) is 8.53. The lowest BCUT2D eigenvalue weighted by Crippen LogP contribution is -2.55. The Balaban J connectivity index is 1.54. The van der Waals surface area contributed by atoms with Gasteiger partial charge in [-0.25, -0.2) is 4.39 Å². The molecule has 0 saturated heterocycles. The van der Waals surface area contributed by atoms with Gasteiger partial charge < -0.3 is 5.11 Å². The highest BCUT2D eigenvalue weighted by Gasteiger charge is 2.65. The van der Waals surface area contributed by atoms with Gasteiger partial charge in [0, 0.05) is 5.41 Å². The first-order valence-corrected chi connectivity index (χ1v) is 12.7. The molecule has 0 aliphatic heterocycles. The van der Waals surface area contributed by atoms with Crippen LogP contribution in [0.5, 0.6) is 0 Å². The zero-order valence-electron chi connectivity index (χ0n) is 19.6. The molecule has 3 saturated carbocycles. The lowest BCUT2D eigenvalue weighted by molar-refractivity contribution is -0.109. The van der Waals surface area contributed by atoms with Crippen molar-refractivity contribution in [2.75, 3.05) is 0 Å². The molecule has 8 atom stereocenters. The van der Waals surface area contributed by atoms with Gasteiger partial charge >= 0.3 is 0 Å². The molecular formula is C27H45FO. The first-order valence-electron chi connectivity index (χ1n) is 12.7. The van der Waals surface area contributed by atoms with E-state index in [-0.39, 0.29) is 22.9 Å². The molecule has 4 aliphatic rings. The molecule has 1 nitrogen and oxygen atoms in total. The maximum atomic E-state index is 16.7. The van der Waals surface area contributed by atoms with Crippen LogP contribution in [0.3, 0.4) is 0 Å². The minimum absolute atomic E-state index is 0.138. The summed E-state index contributed by atoms with van der Waals surface area (Å²) in [6, 6.07) is 0. The van der Waals surface area contributed by atoms with E-state index in [4.69, 9.17) is 0 Å². The Morgan fingerprint density at radius 1 is 1.03 bits per heavy atom. The monoisotopic (exact) mass is 404 g/mol. The van der Waals surface area contributed by atoms with Crippen molar-refractivity contribution in [3.63, 3.8) is 0 Å². The molecule has 29 heavy (non-hydrogen) atoms. The molecule has 166 valence electrons. The van der Waals surface area contributed by atoms with Gasteiger partial charge in [-0.1, -0.05) is 59.1 Å². The summed E-state index contributed by atoms with van der Waals surface area (Å²) >= 11 is 0. The molecule has 0 amide bonds. The first kappa shape index (κ1) is 21.8. The molecule has 0 unspecified atom stereocenters. The minimum Gasteiger partial charge on any atom is -0.393 e. The summed E-state index contributed by atoms with van der Waals surface area (Å²) in [5.41, 5.74) is 0.662. The van der Waals surface area contributed by atoms with Crippen molar-refractivity contribution in [1.82, 2.24) is 0 Å². The SMILES string of the molecule is CC(C)CCC[C@@H](C)[C@@]1(F)CC[C@H]2[C@@H]3CC=C4C[C@@H](O)CC[C@]4(C)[C@H]3CC[C@@]21C. The van der Waals surface area contributed by atoms with E-state index in [0.717, 1.165) is 57.3 Å². The van der Waals surface area contributed by atoms with Crippen LogP contribution in [-0.4, -0.2) is 16.9 Å². The Kier molecular flexibility index (Phi) is 5.76. The molecule has 2 heteroatoms. The second kappa shape index (κ2) is 7.64. The first-order chi connectivity index (χ1) is 13.6. The van der Waals surface area contributed by atoms with Crippen LogP contribution < -0.4 is 0 Å². The number of fused-ring (bicyclic) bond motifs is 5. The largest absolute Gasteiger partial charge is 0.393 e. The average Bonchev–Trinajstić information content (AvgIpc) is 2.94. The van der Waals surface area contributed by atoms with Crippen molar-refractivity contribution in [2.24, 2.45) is 40.4 Å². The van der Waals surface area contributed by atoms with Gasteiger partial charge in [-0.15, -0.1) is 0 Å². The molecule has 3 fully saturated rings. The van der Waals surface area contributed by atoms with Crippen LogP contribution in [0.15, 0.2) is 11.6 Å². The van der Waals surface area contributed by atoms with Crippen LogP contribution in [0.1, 0.15) is 105 Å². The lowest BCUT2D eigenvalue weighted by Gasteiger charge is -2.59. The molecule has 4 aliphatic carbocycles. The maximum Gasteiger partial charge on any atom is 0.119 e. The Morgan fingerprint density at radius 3 is 2.48 bits per heavy atom. The van der Waals surface area contributed by atoms with Gasteiger partial charge in [0.25, 0.3) is 0 Å². The zero-order chi connectivity index (χ0) is 21.0. The number of aliphatic hydroxyl groups is 1. The summed E-state index contributed by atoms with van der Waals surface area (Å²) in [6.07, 6.45) is 14.0. The zero-order valence-corrected chi connectivity index (χ0v) is 19.6. The summed E-state index contributed by atoms with van der Waals surface area (Å²) in [5.74, 6) is 2.80. The molecule has 0 aromatic rings. The molecule has 0 aromatic carbocycles. The van der Waals surface area contributed by atoms with Crippen molar-refractivity contribution >= 4 is 0 Å². The van der Waals surface area contributed by atoms with Crippen molar-refractivity contribution in [3.8, 4) is 0 Å². The number of alkyl halides is 1. The van der Waals surface area contributed by atoms with Gasteiger partial charge in [-0.05, 0) is 92.8 Å². The van der Waals surface area contributed by atoms with Gasteiger partial charge in [0.15, 0.2) is 0 Å². The number of halogens is 1. The minimum atomic E-state index is -0.979. The van der Waals surface area contributed by atoms with Gasteiger partial charge in [0.05, 0.1) is 6.10 Å². The topological polar surface area (TPSA) is 20.2 Å². The smallest absolute Gasteiger partial charge is 0.119 e. The summed E-state index contributed by atoms with van der Waals surface area (Å²) < 4.78 is 16.7. The van der Waals surface area contributed by atoms with Crippen molar-refractivity contribution in [2.45, 2.75) is 117 Å². The number of rotatable bonds is 5. The summed E-state index contributed by atoms with van der Waals surface area (Å²) in [7, 11) is 0. The second-order valence-electron chi connectivity index (χ2n) is 12.2. The fourth-order valence-electron chi connectivity index (χ4n) is 8.53. The Bertz CT molecular complexity index is 640. The van der Waals surface area contributed by atoms with Crippen LogP contribution in [0.25, 0.3) is 0 Å². The van der Waals surface area contributed by atoms with E-state index in [1.54, 1.807) is 0 Å². The van der Waals surface area contributed by atoms with E-state index < -0.39 is 5.67 Å². The Hall–Kier alpha value is -0.370. The third-order valence-electron chi connectivity index (χ3n) is 10.4. The summed E-state index contributed by atoms with van der Waals surface area (Å²) in [4.78, 5) is 0. The van der Waals surface area contributed by atoms with Crippen molar-refractivity contribution < 1.29 is 9.50 Å². The Morgan fingerprint density at radius 2 is 1.76 bits per heavy atom. The van der Waals surface area contributed by atoms with Gasteiger partial charge in [-0.3, -0.25) is 0 Å². The van der Waals surface area contributed by atoms with Crippen LogP contribution in [0.2, 0.25) is 0 Å². The lowest BCUT2D eigenvalue weighted by atomic mass is 9.46. The highest BCUT2D eigenvalue weighted by Crippen LogP contribution is 2.69. The van der Waals surface area contributed by atoms with Gasteiger partial charge in [0.2, 0.25) is 0 Å². The van der Waals surface area contributed by atoms with Crippen molar-refractivity contribution in [1.29, 1.82) is 0 Å². The standard InChI is InChI=1S/C27H45FO/c1-18(2)7-6-8-19(3)27(28)16-13-24-22-10-9-20-17-21(29)11-14-25(20,4)23(22)12-15-26(24,27)5/h9,18-19,21-24,29H,6-8,10-17H2,1-5H3/t19-,21+,22-,23+,24+,25+,26+,27+/m1/s1. The van der Waals surface area contributed by atoms with Crippen LogP contribution >= 0.6 is 0 Å². The predicted molar refractivity (Wildman–Crippen MR) is 119 cm³/mol. The number of aliphatic hydroxyl groups excluding tert-OH is 1. The number of hydrogen-bond donors (Lipinski definition) is 1. The van der Waals surface area contributed by atoms with E-state index in [9.17, 15) is 5.11 Å². The molecule has 4 rings (SSSR count). The molecule has 0 aromatic heterocycles. The van der Waals surface area contributed by atoms with Crippen LogP contribution in [0, 0.1) is 40.4 Å². The number of allylic oxidation sites excluding steroid dienone is 1.